The summed E-state index contributed by atoms with van der Waals surface area (Å²) in [5, 5.41) is -0.486. The molecule has 0 saturated carbocycles. The van der Waals surface area contributed by atoms with Crippen molar-refractivity contribution in [3.05, 3.63) is 24.9 Å². The molecule has 0 spiro atoms. The zero-order chi connectivity index (χ0) is 9.78. The van der Waals surface area contributed by atoms with E-state index in [4.69, 9.17) is 11.6 Å². The molecule has 0 aliphatic carbocycles. The van der Waals surface area contributed by atoms with Gasteiger partial charge in [0.1, 0.15) is 0 Å². The molecule has 0 atom stereocenters. The van der Waals surface area contributed by atoms with Crippen LogP contribution in [-0.2, 0) is 0 Å². The van der Waals surface area contributed by atoms with Gasteiger partial charge in [-0.3, -0.25) is 4.79 Å². The lowest BCUT2D eigenvalue weighted by molar-refractivity contribution is 0.202. The molecule has 0 aromatic rings. The average molecular weight is 188 g/mol. The SMILES string of the molecule is C=C/C=C/N(C(=O)Cl)C(C)(C)C. The third-order valence-electron chi connectivity index (χ3n) is 1.28. The fourth-order valence-corrected chi connectivity index (χ4v) is 1.00. The number of carbonyl (C=O) groups excluding carboxylic acids is 1. The van der Waals surface area contributed by atoms with Gasteiger partial charge in [0.15, 0.2) is 0 Å². The first-order valence-electron chi connectivity index (χ1n) is 3.67. The highest BCUT2D eigenvalue weighted by atomic mass is 35.5. The minimum Gasteiger partial charge on any atom is -0.300 e. The Labute approximate surface area is 78.5 Å². The second-order valence-corrected chi connectivity index (χ2v) is 3.69. The summed E-state index contributed by atoms with van der Waals surface area (Å²) in [6.45, 7) is 9.22. The van der Waals surface area contributed by atoms with Gasteiger partial charge in [0.25, 0.3) is 0 Å². The van der Waals surface area contributed by atoms with Crippen molar-refractivity contribution in [3.63, 3.8) is 0 Å². The number of amides is 1. The molecular formula is C9H14ClNO. The Kier molecular flexibility index (Phi) is 4.04. The summed E-state index contributed by atoms with van der Waals surface area (Å²) in [5.41, 5.74) is -0.293. The number of hydrogen-bond donors (Lipinski definition) is 0. The predicted molar refractivity (Wildman–Crippen MR) is 52.2 cm³/mol. The molecule has 2 nitrogen and oxygen atoms in total. The minimum atomic E-state index is -0.486. The largest absolute Gasteiger partial charge is 0.320 e. The van der Waals surface area contributed by atoms with Crippen molar-refractivity contribution in [1.29, 1.82) is 0 Å². The van der Waals surface area contributed by atoms with Crippen LogP contribution in [0.5, 0.6) is 0 Å². The number of rotatable bonds is 2. The van der Waals surface area contributed by atoms with E-state index in [1.165, 1.54) is 4.90 Å². The van der Waals surface area contributed by atoms with Crippen LogP contribution in [0.4, 0.5) is 4.79 Å². The Hall–Kier alpha value is -0.760. The van der Waals surface area contributed by atoms with Crippen LogP contribution < -0.4 is 0 Å². The van der Waals surface area contributed by atoms with Gasteiger partial charge in [-0.2, -0.15) is 0 Å². The van der Waals surface area contributed by atoms with Crippen molar-refractivity contribution < 1.29 is 4.79 Å². The van der Waals surface area contributed by atoms with Crippen molar-refractivity contribution in [2.75, 3.05) is 0 Å². The van der Waals surface area contributed by atoms with Crippen molar-refractivity contribution >= 4 is 17.0 Å². The molecule has 0 bridgehead atoms. The summed E-state index contributed by atoms with van der Waals surface area (Å²) in [4.78, 5) is 12.3. The van der Waals surface area contributed by atoms with Gasteiger partial charge in [-0.05, 0) is 38.4 Å². The number of hydrogen-bond acceptors (Lipinski definition) is 1. The first-order valence-corrected chi connectivity index (χ1v) is 4.05. The van der Waals surface area contributed by atoms with Gasteiger partial charge < -0.3 is 4.90 Å². The van der Waals surface area contributed by atoms with Crippen molar-refractivity contribution in [2.24, 2.45) is 0 Å². The molecule has 0 aliphatic heterocycles. The van der Waals surface area contributed by atoms with E-state index >= 15 is 0 Å². The summed E-state index contributed by atoms with van der Waals surface area (Å²) in [7, 11) is 0. The van der Waals surface area contributed by atoms with Gasteiger partial charge in [-0.15, -0.1) is 0 Å². The highest BCUT2D eigenvalue weighted by Gasteiger charge is 2.22. The van der Waals surface area contributed by atoms with Crippen LogP contribution in [0.25, 0.3) is 0 Å². The zero-order valence-corrected chi connectivity index (χ0v) is 8.43. The third-order valence-corrected chi connectivity index (χ3v) is 1.47. The maximum absolute atomic E-state index is 10.9. The van der Waals surface area contributed by atoms with Crippen molar-refractivity contribution in [1.82, 2.24) is 4.90 Å². The van der Waals surface area contributed by atoms with Crippen LogP contribution in [0.15, 0.2) is 24.9 Å². The average Bonchev–Trinajstić information content (AvgIpc) is 1.84. The number of allylic oxidation sites excluding steroid dienone is 2. The van der Waals surface area contributed by atoms with E-state index in [9.17, 15) is 4.79 Å². The highest BCUT2D eigenvalue weighted by molar-refractivity contribution is 6.63. The van der Waals surface area contributed by atoms with Crippen LogP contribution in [-0.4, -0.2) is 15.8 Å². The van der Waals surface area contributed by atoms with Crippen LogP contribution in [0.3, 0.4) is 0 Å². The number of nitrogens with zero attached hydrogens (tertiary/aromatic N) is 1. The molecule has 0 radical (unpaired) electrons. The molecule has 0 aromatic heterocycles. The predicted octanol–water partition coefficient (Wildman–Crippen LogP) is 3.15. The zero-order valence-electron chi connectivity index (χ0n) is 7.67. The van der Waals surface area contributed by atoms with Gasteiger partial charge in [0.05, 0.1) is 0 Å². The molecule has 0 aliphatic rings. The Morgan fingerprint density at radius 3 is 2.25 bits per heavy atom. The maximum atomic E-state index is 10.9. The van der Waals surface area contributed by atoms with E-state index in [0.29, 0.717) is 0 Å². The summed E-state index contributed by atoms with van der Waals surface area (Å²) in [6.07, 6.45) is 4.88. The summed E-state index contributed by atoms with van der Waals surface area (Å²) < 4.78 is 0. The molecule has 0 N–H and O–H groups in total. The molecule has 68 valence electrons. The lowest BCUT2D eigenvalue weighted by atomic mass is 10.1. The molecule has 3 heteroatoms. The molecule has 0 heterocycles. The quantitative estimate of drug-likeness (QED) is 0.370. The Bertz CT molecular complexity index is 203. The molecular weight excluding hydrogens is 174 g/mol. The van der Waals surface area contributed by atoms with E-state index in [0.717, 1.165) is 0 Å². The Morgan fingerprint density at radius 2 is 2.00 bits per heavy atom. The van der Waals surface area contributed by atoms with Crippen LogP contribution >= 0.6 is 11.6 Å². The summed E-state index contributed by atoms with van der Waals surface area (Å²) >= 11 is 5.37. The fraction of sp³-hybridized carbons (Fsp3) is 0.444. The van der Waals surface area contributed by atoms with Gasteiger partial charge in [-0.25, -0.2) is 0 Å². The first-order chi connectivity index (χ1) is 5.39. The summed E-state index contributed by atoms with van der Waals surface area (Å²) in [5.74, 6) is 0. The van der Waals surface area contributed by atoms with E-state index in [-0.39, 0.29) is 5.54 Å². The molecule has 0 unspecified atom stereocenters. The molecule has 0 aromatic carbocycles. The molecule has 0 fully saturated rings. The second-order valence-electron chi connectivity index (χ2n) is 3.37. The number of carbonyl (C=O) groups is 1. The van der Waals surface area contributed by atoms with Gasteiger partial charge >= 0.3 is 5.37 Å². The Morgan fingerprint density at radius 1 is 1.50 bits per heavy atom. The van der Waals surface area contributed by atoms with Crippen LogP contribution in [0.2, 0.25) is 0 Å². The normalized spacial score (nSPS) is 11.7. The molecule has 12 heavy (non-hydrogen) atoms. The van der Waals surface area contributed by atoms with Crippen LogP contribution in [0.1, 0.15) is 20.8 Å². The summed E-state index contributed by atoms with van der Waals surface area (Å²) in [6, 6.07) is 0. The molecule has 1 amide bonds. The monoisotopic (exact) mass is 187 g/mol. The lowest BCUT2D eigenvalue weighted by Gasteiger charge is -2.30. The van der Waals surface area contributed by atoms with Gasteiger partial charge in [0.2, 0.25) is 0 Å². The highest BCUT2D eigenvalue weighted by Crippen LogP contribution is 2.16. The maximum Gasteiger partial charge on any atom is 0.320 e. The van der Waals surface area contributed by atoms with Crippen molar-refractivity contribution in [2.45, 2.75) is 26.3 Å². The van der Waals surface area contributed by atoms with Gasteiger partial charge in [0, 0.05) is 11.7 Å². The van der Waals surface area contributed by atoms with E-state index in [1.54, 1.807) is 18.4 Å². The third kappa shape index (κ3) is 3.58. The van der Waals surface area contributed by atoms with Crippen molar-refractivity contribution in [3.8, 4) is 0 Å². The first kappa shape index (κ1) is 11.2. The second kappa shape index (κ2) is 4.31. The smallest absolute Gasteiger partial charge is 0.300 e. The number of halogens is 1. The fourth-order valence-electron chi connectivity index (χ4n) is 0.693. The standard InChI is InChI=1S/C9H14ClNO/c1-5-6-7-11(8(10)12)9(2,3)4/h5-7H,1H2,2-4H3/b7-6+. The van der Waals surface area contributed by atoms with E-state index in [1.807, 2.05) is 20.8 Å². The molecule has 0 saturated heterocycles. The molecule has 0 rings (SSSR count). The van der Waals surface area contributed by atoms with E-state index < -0.39 is 5.37 Å². The lowest BCUT2D eigenvalue weighted by Crippen LogP contribution is -2.38. The van der Waals surface area contributed by atoms with Crippen LogP contribution in [0, 0.1) is 0 Å². The Balaban J connectivity index is 4.56. The van der Waals surface area contributed by atoms with E-state index in [2.05, 4.69) is 6.58 Å². The minimum absolute atomic E-state index is 0.293. The van der Waals surface area contributed by atoms with Gasteiger partial charge in [-0.1, -0.05) is 12.7 Å². The topological polar surface area (TPSA) is 20.3 Å².